The van der Waals surface area contributed by atoms with Gasteiger partial charge in [-0.15, -0.1) is 0 Å². The molecule has 1 aliphatic rings. The van der Waals surface area contributed by atoms with Crippen molar-refractivity contribution in [2.45, 2.75) is 39.2 Å². The van der Waals surface area contributed by atoms with Gasteiger partial charge in [0.15, 0.2) is 5.43 Å². The van der Waals surface area contributed by atoms with E-state index in [0.29, 0.717) is 17.5 Å². The molecule has 0 spiro atoms. The molecule has 0 unspecified atom stereocenters. The molecule has 3 nitrogen and oxygen atoms in total. The fourth-order valence-corrected chi connectivity index (χ4v) is 3.18. The lowest BCUT2D eigenvalue weighted by molar-refractivity contribution is 0.281. The van der Waals surface area contributed by atoms with Crippen molar-refractivity contribution in [1.29, 1.82) is 0 Å². The summed E-state index contributed by atoms with van der Waals surface area (Å²) in [6.07, 6.45) is 6.89. The van der Waals surface area contributed by atoms with E-state index >= 15 is 0 Å². The summed E-state index contributed by atoms with van der Waals surface area (Å²) in [5, 5.41) is 4.10. The maximum atomic E-state index is 12.4. The van der Waals surface area contributed by atoms with Crippen LogP contribution >= 0.6 is 0 Å². The molecule has 112 valence electrons. The second-order valence-corrected chi connectivity index (χ2v) is 6.34. The molecule has 0 bridgehead atoms. The van der Waals surface area contributed by atoms with Gasteiger partial charge in [0.1, 0.15) is 5.58 Å². The molecule has 0 radical (unpaired) electrons. The molecule has 1 N–H and O–H groups in total. The third kappa shape index (κ3) is 3.35. The van der Waals surface area contributed by atoms with E-state index in [4.69, 9.17) is 4.42 Å². The average Bonchev–Trinajstić information content (AvgIpc) is 2.52. The third-order valence-electron chi connectivity index (χ3n) is 4.64. The van der Waals surface area contributed by atoms with Gasteiger partial charge in [0.25, 0.3) is 0 Å². The van der Waals surface area contributed by atoms with Gasteiger partial charge >= 0.3 is 0 Å². The molecule has 1 saturated carbocycles. The summed E-state index contributed by atoms with van der Waals surface area (Å²) in [5.41, 5.74) is 1.46. The summed E-state index contributed by atoms with van der Waals surface area (Å²) in [6.45, 7) is 3.93. The molecule has 1 aromatic carbocycles. The minimum absolute atomic E-state index is 0.0848. The van der Waals surface area contributed by atoms with Crippen molar-refractivity contribution in [3.63, 3.8) is 0 Å². The minimum Gasteiger partial charge on any atom is -0.464 e. The second kappa shape index (κ2) is 6.44. The molecular weight excluding hydrogens is 262 g/mol. The molecular formula is C18H23NO2. The Labute approximate surface area is 125 Å². The molecule has 0 aliphatic heterocycles. The highest BCUT2D eigenvalue weighted by molar-refractivity contribution is 5.76. The lowest BCUT2D eigenvalue weighted by atomic mass is 9.83. The van der Waals surface area contributed by atoms with E-state index in [-0.39, 0.29) is 5.43 Å². The van der Waals surface area contributed by atoms with Gasteiger partial charge in [0, 0.05) is 12.1 Å². The molecule has 3 heteroatoms. The fourth-order valence-electron chi connectivity index (χ4n) is 3.18. The highest BCUT2D eigenvalue weighted by Crippen LogP contribution is 2.27. The van der Waals surface area contributed by atoms with Crippen LogP contribution in [0.25, 0.3) is 11.0 Å². The lowest BCUT2D eigenvalue weighted by Crippen LogP contribution is -2.27. The van der Waals surface area contributed by atoms with Crippen LogP contribution in [0, 0.1) is 11.8 Å². The maximum Gasteiger partial charge on any atom is 0.197 e. The van der Waals surface area contributed by atoms with Gasteiger partial charge < -0.3 is 9.73 Å². The Bertz CT molecular complexity index is 654. The molecule has 0 atom stereocenters. The topological polar surface area (TPSA) is 42.2 Å². The SMILES string of the molecule is CC1CCC(CNCc2coc3ccccc3c2=O)CC1. The molecule has 1 fully saturated rings. The van der Waals surface area contributed by atoms with Crippen molar-refractivity contribution < 1.29 is 4.42 Å². The van der Waals surface area contributed by atoms with Crippen molar-refractivity contribution in [2.24, 2.45) is 11.8 Å². The molecule has 0 amide bonds. The van der Waals surface area contributed by atoms with Crippen LogP contribution in [0.15, 0.2) is 39.7 Å². The lowest BCUT2D eigenvalue weighted by Gasteiger charge is -2.26. The Morgan fingerprint density at radius 1 is 1.19 bits per heavy atom. The number of rotatable bonds is 4. The van der Waals surface area contributed by atoms with Gasteiger partial charge in [-0.2, -0.15) is 0 Å². The quantitative estimate of drug-likeness (QED) is 0.931. The van der Waals surface area contributed by atoms with Crippen molar-refractivity contribution in [3.8, 4) is 0 Å². The number of para-hydroxylation sites is 1. The Balaban J connectivity index is 1.61. The first kappa shape index (κ1) is 14.3. The molecule has 2 aromatic rings. The standard InChI is InChI=1S/C18H23NO2/c1-13-6-8-14(9-7-13)10-19-11-15-12-21-17-5-3-2-4-16(17)18(15)20/h2-5,12-14,19H,6-11H2,1H3. The van der Waals surface area contributed by atoms with Crippen LogP contribution < -0.4 is 10.7 Å². The highest BCUT2D eigenvalue weighted by Gasteiger charge is 2.17. The summed E-state index contributed by atoms with van der Waals surface area (Å²) in [6, 6.07) is 7.41. The minimum atomic E-state index is 0.0848. The van der Waals surface area contributed by atoms with E-state index < -0.39 is 0 Å². The summed E-state index contributed by atoms with van der Waals surface area (Å²) in [4.78, 5) is 12.4. The Hall–Kier alpha value is -1.61. The largest absolute Gasteiger partial charge is 0.464 e. The summed E-state index contributed by atoms with van der Waals surface area (Å²) in [7, 11) is 0. The predicted octanol–water partition coefficient (Wildman–Crippen LogP) is 3.71. The maximum absolute atomic E-state index is 12.4. The smallest absolute Gasteiger partial charge is 0.197 e. The van der Waals surface area contributed by atoms with Crippen LogP contribution in [0.5, 0.6) is 0 Å². The number of hydrogen-bond acceptors (Lipinski definition) is 3. The van der Waals surface area contributed by atoms with Gasteiger partial charge in [-0.05, 0) is 43.4 Å². The summed E-state index contributed by atoms with van der Waals surface area (Å²) in [5.74, 6) is 1.64. The number of fused-ring (bicyclic) bond motifs is 1. The van der Waals surface area contributed by atoms with Crippen molar-refractivity contribution >= 4 is 11.0 Å². The van der Waals surface area contributed by atoms with Crippen LogP contribution in [0.3, 0.4) is 0 Å². The monoisotopic (exact) mass is 285 g/mol. The van der Waals surface area contributed by atoms with Crippen LogP contribution in [0.1, 0.15) is 38.2 Å². The predicted molar refractivity (Wildman–Crippen MR) is 85.3 cm³/mol. The summed E-state index contributed by atoms with van der Waals surface area (Å²) < 4.78 is 5.54. The van der Waals surface area contributed by atoms with Crippen LogP contribution in [-0.4, -0.2) is 6.54 Å². The summed E-state index contributed by atoms with van der Waals surface area (Å²) >= 11 is 0. The van der Waals surface area contributed by atoms with Crippen LogP contribution in [0.4, 0.5) is 0 Å². The van der Waals surface area contributed by atoms with Gasteiger partial charge in [-0.25, -0.2) is 0 Å². The Morgan fingerprint density at radius 3 is 2.76 bits per heavy atom. The zero-order chi connectivity index (χ0) is 14.7. The van der Waals surface area contributed by atoms with Crippen molar-refractivity contribution in [2.75, 3.05) is 6.54 Å². The van der Waals surface area contributed by atoms with Crippen molar-refractivity contribution in [3.05, 3.63) is 46.3 Å². The normalized spacial score (nSPS) is 22.5. The first-order chi connectivity index (χ1) is 10.2. The molecule has 1 aliphatic carbocycles. The van der Waals surface area contributed by atoms with Gasteiger partial charge in [-0.1, -0.05) is 31.9 Å². The first-order valence-corrected chi connectivity index (χ1v) is 7.94. The van der Waals surface area contributed by atoms with Gasteiger partial charge in [0.2, 0.25) is 0 Å². The van der Waals surface area contributed by atoms with E-state index in [1.54, 1.807) is 6.26 Å². The van der Waals surface area contributed by atoms with Gasteiger partial charge in [-0.3, -0.25) is 4.79 Å². The molecule has 21 heavy (non-hydrogen) atoms. The fraction of sp³-hybridized carbons (Fsp3) is 0.500. The zero-order valence-electron chi connectivity index (χ0n) is 12.6. The van der Waals surface area contributed by atoms with E-state index in [2.05, 4.69) is 12.2 Å². The van der Waals surface area contributed by atoms with Gasteiger partial charge in [0.05, 0.1) is 11.6 Å². The third-order valence-corrected chi connectivity index (χ3v) is 4.64. The number of benzene rings is 1. The Kier molecular flexibility index (Phi) is 4.39. The van der Waals surface area contributed by atoms with E-state index in [1.807, 2.05) is 24.3 Å². The van der Waals surface area contributed by atoms with Crippen molar-refractivity contribution in [1.82, 2.24) is 5.32 Å². The number of nitrogens with one attached hydrogen (secondary N) is 1. The Morgan fingerprint density at radius 2 is 1.95 bits per heavy atom. The molecule has 0 saturated heterocycles. The molecule has 3 rings (SSSR count). The zero-order valence-corrected chi connectivity index (χ0v) is 12.6. The highest BCUT2D eigenvalue weighted by atomic mass is 16.3. The number of hydrogen-bond donors (Lipinski definition) is 1. The average molecular weight is 285 g/mol. The van der Waals surface area contributed by atoms with E-state index in [0.717, 1.165) is 23.9 Å². The molecule has 1 aromatic heterocycles. The second-order valence-electron chi connectivity index (χ2n) is 6.34. The first-order valence-electron chi connectivity index (χ1n) is 7.94. The molecule has 1 heterocycles. The van der Waals surface area contributed by atoms with E-state index in [1.165, 1.54) is 25.7 Å². The van der Waals surface area contributed by atoms with E-state index in [9.17, 15) is 4.79 Å². The van der Waals surface area contributed by atoms with Crippen LogP contribution in [0.2, 0.25) is 0 Å². The van der Waals surface area contributed by atoms with Crippen LogP contribution in [-0.2, 0) is 6.54 Å².